The summed E-state index contributed by atoms with van der Waals surface area (Å²) >= 11 is 0. The summed E-state index contributed by atoms with van der Waals surface area (Å²) in [6.45, 7) is 15.6. The summed E-state index contributed by atoms with van der Waals surface area (Å²) in [4.78, 5) is 18.6. The second-order valence-corrected chi connectivity index (χ2v) is 11.1. The van der Waals surface area contributed by atoms with E-state index in [1.54, 1.807) is 0 Å². The number of hydrogen-bond donors (Lipinski definition) is 0. The van der Waals surface area contributed by atoms with Crippen molar-refractivity contribution < 1.29 is 4.79 Å². The van der Waals surface area contributed by atoms with E-state index < -0.39 is 0 Å². The number of hydrogen-bond acceptors (Lipinski definition) is 2. The van der Waals surface area contributed by atoms with Gasteiger partial charge in [0.2, 0.25) is 5.91 Å². The van der Waals surface area contributed by atoms with Crippen LogP contribution in [0.15, 0.2) is 70.9 Å². The molecule has 3 heteroatoms. The number of carbonyl (C=O) groups excluding carboxylic acids is 1. The third kappa shape index (κ3) is 8.85. The van der Waals surface area contributed by atoms with Crippen molar-refractivity contribution in [3.63, 3.8) is 0 Å². The van der Waals surface area contributed by atoms with E-state index >= 15 is 0 Å². The molecule has 204 valence electrons. The minimum absolute atomic E-state index is 0.0637. The van der Waals surface area contributed by atoms with Gasteiger partial charge >= 0.3 is 0 Å². The molecule has 0 aliphatic heterocycles. The Morgan fingerprint density at radius 2 is 1.76 bits per heavy atom. The van der Waals surface area contributed by atoms with Crippen LogP contribution in [-0.4, -0.2) is 37.5 Å². The second-order valence-electron chi connectivity index (χ2n) is 11.1. The average molecular weight is 505 g/mol. The molecule has 0 fully saturated rings. The number of rotatable bonds is 8. The Labute approximate surface area is 228 Å². The van der Waals surface area contributed by atoms with Gasteiger partial charge in [0.05, 0.1) is 5.92 Å². The molecule has 2 aliphatic rings. The van der Waals surface area contributed by atoms with E-state index in [-0.39, 0.29) is 11.8 Å². The second kappa shape index (κ2) is 15.1. The van der Waals surface area contributed by atoms with Gasteiger partial charge < -0.3 is 9.80 Å². The lowest BCUT2D eigenvalue weighted by Crippen LogP contribution is -2.38. The highest BCUT2D eigenvalue weighted by atomic mass is 16.2. The maximum Gasteiger partial charge on any atom is 0.234 e. The van der Waals surface area contributed by atoms with Crippen LogP contribution >= 0.6 is 0 Å². The molecule has 0 saturated carbocycles. The first-order valence-electron chi connectivity index (χ1n) is 14.5. The van der Waals surface area contributed by atoms with Gasteiger partial charge in [-0.2, -0.15) is 0 Å². The van der Waals surface area contributed by atoms with Gasteiger partial charge in [0.1, 0.15) is 0 Å². The number of amides is 1. The van der Waals surface area contributed by atoms with Crippen LogP contribution in [0, 0.1) is 5.92 Å². The third-order valence-electron chi connectivity index (χ3n) is 7.48. The molecule has 2 aliphatic carbocycles. The van der Waals surface area contributed by atoms with E-state index in [0.717, 1.165) is 37.8 Å². The molecule has 0 spiro atoms. The lowest BCUT2D eigenvalue weighted by atomic mass is 9.89. The van der Waals surface area contributed by atoms with Gasteiger partial charge in [0, 0.05) is 18.3 Å². The topological polar surface area (TPSA) is 23.6 Å². The van der Waals surface area contributed by atoms with Crippen molar-refractivity contribution in [1.82, 2.24) is 4.90 Å². The highest BCUT2D eigenvalue weighted by molar-refractivity contribution is 5.97. The summed E-state index contributed by atoms with van der Waals surface area (Å²) < 4.78 is 0. The molecule has 0 saturated heterocycles. The first-order valence-corrected chi connectivity index (χ1v) is 14.5. The fourth-order valence-electron chi connectivity index (χ4n) is 5.18. The lowest BCUT2D eigenvalue weighted by Gasteiger charge is -2.30. The summed E-state index contributed by atoms with van der Waals surface area (Å²) in [6.07, 6.45) is 15.4. The van der Waals surface area contributed by atoms with Crippen molar-refractivity contribution in [3.05, 3.63) is 76.4 Å². The summed E-state index contributed by atoms with van der Waals surface area (Å²) in [5.41, 5.74) is 7.55. The lowest BCUT2D eigenvalue weighted by molar-refractivity contribution is -0.121. The smallest absolute Gasteiger partial charge is 0.234 e. The van der Waals surface area contributed by atoms with Crippen LogP contribution in [0.25, 0.3) is 0 Å². The van der Waals surface area contributed by atoms with Crippen LogP contribution in [0.2, 0.25) is 0 Å². The van der Waals surface area contributed by atoms with Crippen molar-refractivity contribution in [2.24, 2.45) is 5.92 Å². The minimum Gasteiger partial charge on any atom is -0.312 e. The minimum atomic E-state index is -0.0637. The van der Waals surface area contributed by atoms with Crippen LogP contribution in [-0.2, 0) is 4.79 Å². The van der Waals surface area contributed by atoms with Crippen molar-refractivity contribution in [1.29, 1.82) is 0 Å². The zero-order valence-corrected chi connectivity index (χ0v) is 25.1. The highest BCUT2D eigenvalue weighted by Gasteiger charge is 2.30. The van der Waals surface area contributed by atoms with E-state index in [1.807, 2.05) is 13.8 Å². The van der Waals surface area contributed by atoms with Crippen LogP contribution in [0.4, 0.5) is 5.69 Å². The molecule has 0 N–H and O–H groups in total. The predicted octanol–water partition coefficient (Wildman–Crippen LogP) is 8.85. The number of likely N-dealkylation sites (N-methyl/N-ethyl adjacent to an activating group) is 1. The van der Waals surface area contributed by atoms with Crippen LogP contribution in [0.3, 0.4) is 0 Å². The Hall–Kier alpha value is -2.39. The molecule has 1 aromatic rings. The molecule has 3 nitrogen and oxygen atoms in total. The summed E-state index contributed by atoms with van der Waals surface area (Å²) in [7, 11) is 4.25. The summed E-state index contributed by atoms with van der Waals surface area (Å²) in [6, 6.07) is 9.13. The van der Waals surface area contributed by atoms with Crippen LogP contribution in [0.5, 0.6) is 0 Å². The third-order valence-corrected chi connectivity index (χ3v) is 7.48. The van der Waals surface area contributed by atoms with Gasteiger partial charge in [-0.15, -0.1) is 0 Å². The monoisotopic (exact) mass is 504 g/mol. The molecular weight excluding hydrogens is 452 g/mol. The maximum absolute atomic E-state index is 14.2. The maximum atomic E-state index is 14.2. The summed E-state index contributed by atoms with van der Waals surface area (Å²) in [5.74, 6) is 0.667. The van der Waals surface area contributed by atoms with E-state index in [0.29, 0.717) is 18.5 Å². The van der Waals surface area contributed by atoms with E-state index in [2.05, 4.69) is 107 Å². The molecule has 0 bridgehead atoms. The van der Waals surface area contributed by atoms with Gasteiger partial charge in [0.15, 0.2) is 0 Å². The van der Waals surface area contributed by atoms with Crippen molar-refractivity contribution in [2.75, 3.05) is 25.5 Å². The van der Waals surface area contributed by atoms with Gasteiger partial charge in [-0.1, -0.05) is 87.3 Å². The number of benzene rings is 1. The molecule has 2 atom stereocenters. The largest absolute Gasteiger partial charge is 0.312 e. The Morgan fingerprint density at radius 1 is 1.08 bits per heavy atom. The number of allylic oxidation sites excluding steroid dienone is 4. The Kier molecular flexibility index (Phi) is 12.6. The molecule has 1 aromatic carbocycles. The molecule has 2 unspecified atom stereocenters. The zero-order valence-electron chi connectivity index (χ0n) is 25.1. The van der Waals surface area contributed by atoms with Crippen molar-refractivity contribution >= 4 is 11.6 Å². The molecule has 37 heavy (non-hydrogen) atoms. The van der Waals surface area contributed by atoms with Gasteiger partial charge in [-0.25, -0.2) is 0 Å². The number of nitrogens with zero attached hydrogens (tertiary/aromatic N) is 2. The van der Waals surface area contributed by atoms with Gasteiger partial charge in [0.25, 0.3) is 0 Å². The molecule has 3 rings (SSSR count). The Bertz CT molecular complexity index is 987. The highest BCUT2D eigenvalue weighted by Crippen LogP contribution is 2.34. The van der Waals surface area contributed by atoms with Crippen LogP contribution < -0.4 is 4.90 Å². The predicted molar refractivity (Wildman–Crippen MR) is 162 cm³/mol. The molecule has 0 aromatic heterocycles. The van der Waals surface area contributed by atoms with Crippen molar-refractivity contribution in [2.45, 2.75) is 99.0 Å². The molecular formula is C34H52N2O. The fraction of sp³-hybridized carbons (Fsp3) is 0.559. The number of anilines is 1. The Morgan fingerprint density at radius 3 is 2.30 bits per heavy atom. The molecule has 1 amide bonds. The molecule has 0 radical (unpaired) electrons. The zero-order chi connectivity index (χ0) is 27.5. The van der Waals surface area contributed by atoms with Crippen LogP contribution in [0.1, 0.15) is 98.5 Å². The van der Waals surface area contributed by atoms with Crippen molar-refractivity contribution in [3.8, 4) is 0 Å². The SMILES string of the molecule is CC.CC(C)=CC1=C(C)CCCCC1C(=O)N(CCC1=CCC(N(C)C)C=C1)c1ccc(C(C)C)cc1. The quantitative estimate of drug-likeness (QED) is 0.353. The Balaban J connectivity index is 0.00000235. The fourth-order valence-corrected chi connectivity index (χ4v) is 5.18. The summed E-state index contributed by atoms with van der Waals surface area (Å²) in [5, 5.41) is 0. The normalized spacial score (nSPS) is 19.7. The first kappa shape index (κ1) is 30.8. The van der Waals surface area contributed by atoms with E-state index in [9.17, 15) is 4.79 Å². The van der Waals surface area contributed by atoms with Gasteiger partial charge in [-0.05, 0) is 96.2 Å². The van der Waals surface area contributed by atoms with E-state index in [1.165, 1.54) is 34.3 Å². The van der Waals surface area contributed by atoms with Gasteiger partial charge in [-0.3, -0.25) is 4.79 Å². The van der Waals surface area contributed by atoms with E-state index in [4.69, 9.17) is 0 Å². The first-order chi connectivity index (χ1) is 17.7. The molecule has 0 heterocycles. The standard InChI is InChI=1S/C32H46N2O.C2H6/c1-23(2)22-31-25(5)10-8-9-11-30(31)32(35)34(29-18-14-27(15-19-29)24(3)4)21-20-26-12-16-28(17-13-26)33(6)7;1-2/h12-16,18-19,22,24,28,30H,8-11,17,20-21H2,1-7H3;1-2H3. The average Bonchev–Trinajstić information content (AvgIpc) is 3.06. The number of carbonyl (C=O) groups is 1.